The van der Waals surface area contributed by atoms with Crippen molar-refractivity contribution in [3.8, 4) is 0 Å². The van der Waals surface area contributed by atoms with Gasteiger partial charge in [-0.05, 0) is 31.9 Å². The first-order chi connectivity index (χ1) is 9.69. The van der Waals surface area contributed by atoms with Gasteiger partial charge in [0.25, 0.3) is 0 Å². The number of aliphatic carboxylic acids is 1. The zero-order valence-corrected chi connectivity index (χ0v) is 11.5. The van der Waals surface area contributed by atoms with Crippen molar-refractivity contribution in [2.45, 2.75) is 44.8 Å². The normalized spacial score (nSPS) is 22.4. The molecule has 0 aliphatic carbocycles. The second kappa shape index (κ2) is 5.25. The van der Waals surface area contributed by atoms with E-state index in [1.54, 1.807) is 0 Å². The van der Waals surface area contributed by atoms with Gasteiger partial charge >= 0.3 is 5.97 Å². The predicted molar refractivity (Wildman–Crippen MR) is 76.7 cm³/mol. The zero-order chi connectivity index (χ0) is 14.1. The average Bonchev–Trinajstić information content (AvgIpc) is 3.02. The molecule has 2 N–H and O–H groups in total. The number of imidazole rings is 1. The predicted octanol–water partition coefficient (Wildman–Crippen LogP) is 1.80. The lowest BCUT2D eigenvalue weighted by atomic mass is 10.1. The average molecular weight is 273 g/mol. The van der Waals surface area contributed by atoms with Crippen LogP contribution in [0.5, 0.6) is 0 Å². The number of nitrogens with zero attached hydrogens (tertiary/aromatic N) is 2. The highest BCUT2D eigenvalue weighted by Crippen LogP contribution is 2.20. The molecule has 2 aromatic rings. The first-order valence-corrected chi connectivity index (χ1v) is 7.12. The monoisotopic (exact) mass is 273 g/mol. The summed E-state index contributed by atoms with van der Waals surface area (Å²) < 4.78 is 2.21. The number of carboxylic acid groups (broad SMARTS) is 1. The van der Waals surface area contributed by atoms with E-state index in [2.05, 4.69) is 22.9 Å². The molecule has 2 unspecified atom stereocenters. The molecule has 2 atom stereocenters. The lowest BCUT2D eigenvalue weighted by molar-refractivity contribution is -0.139. The Morgan fingerprint density at radius 1 is 1.45 bits per heavy atom. The molecule has 0 spiro atoms. The van der Waals surface area contributed by atoms with Crippen LogP contribution in [0.1, 0.15) is 25.6 Å². The highest BCUT2D eigenvalue weighted by atomic mass is 16.4. The minimum atomic E-state index is -0.753. The van der Waals surface area contributed by atoms with Gasteiger partial charge < -0.3 is 15.0 Å². The van der Waals surface area contributed by atoms with Crippen molar-refractivity contribution in [1.82, 2.24) is 14.9 Å². The van der Waals surface area contributed by atoms with E-state index in [1.165, 1.54) is 0 Å². The number of nitrogens with one attached hydrogen (secondary N) is 1. The summed E-state index contributed by atoms with van der Waals surface area (Å²) in [4.78, 5) is 15.7. The number of aromatic nitrogens is 2. The fourth-order valence-corrected chi connectivity index (χ4v) is 3.03. The number of benzene rings is 1. The van der Waals surface area contributed by atoms with Gasteiger partial charge in [0.15, 0.2) is 0 Å². The summed E-state index contributed by atoms with van der Waals surface area (Å²) in [5, 5.41) is 12.2. The summed E-state index contributed by atoms with van der Waals surface area (Å²) in [6.07, 6.45) is 2.38. The van der Waals surface area contributed by atoms with Crippen molar-refractivity contribution in [2.75, 3.05) is 0 Å². The summed E-state index contributed by atoms with van der Waals surface area (Å²) >= 11 is 0. The maximum absolute atomic E-state index is 11.0. The first kappa shape index (κ1) is 13.1. The molecule has 106 valence electrons. The Hall–Kier alpha value is -1.88. The Bertz CT molecular complexity index is 635. The SMILES string of the molecule is CCn1c(CC2CCC(C(=O)O)N2)nc2ccccc21. The Labute approximate surface area is 117 Å². The number of carboxylic acids is 1. The summed E-state index contributed by atoms with van der Waals surface area (Å²) in [7, 11) is 0. The molecule has 5 nitrogen and oxygen atoms in total. The molecule has 0 radical (unpaired) electrons. The van der Waals surface area contributed by atoms with Crippen molar-refractivity contribution >= 4 is 17.0 Å². The van der Waals surface area contributed by atoms with Gasteiger partial charge in [-0.1, -0.05) is 12.1 Å². The number of hydrogen-bond donors (Lipinski definition) is 2. The third-order valence-corrected chi connectivity index (χ3v) is 4.02. The fourth-order valence-electron chi connectivity index (χ4n) is 3.03. The van der Waals surface area contributed by atoms with Crippen molar-refractivity contribution in [1.29, 1.82) is 0 Å². The third-order valence-electron chi connectivity index (χ3n) is 4.02. The van der Waals surface area contributed by atoms with E-state index in [4.69, 9.17) is 10.1 Å². The van der Waals surface area contributed by atoms with Crippen LogP contribution in [0.25, 0.3) is 11.0 Å². The van der Waals surface area contributed by atoms with E-state index in [-0.39, 0.29) is 6.04 Å². The van der Waals surface area contributed by atoms with Gasteiger partial charge in [0.2, 0.25) is 0 Å². The van der Waals surface area contributed by atoms with Crippen molar-refractivity contribution in [3.63, 3.8) is 0 Å². The van der Waals surface area contributed by atoms with E-state index in [0.717, 1.165) is 36.2 Å². The highest BCUT2D eigenvalue weighted by Gasteiger charge is 2.29. The van der Waals surface area contributed by atoms with Crippen molar-refractivity contribution in [3.05, 3.63) is 30.1 Å². The number of hydrogen-bond acceptors (Lipinski definition) is 3. The third kappa shape index (κ3) is 2.29. The summed E-state index contributed by atoms with van der Waals surface area (Å²) in [6, 6.07) is 7.92. The van der Waals surface area contributed by atoms with Crippen LogP contribution in [0.4, 0.5) is 0 Å². The maximum atomic E-state index is 11.0. The molecule has 3 rings (SSSR count). The fraction of sp³-hybridized carbons (Fsp3) is 0.467. The molecule has 1 aromatic heterocycles. The molecule has 1 aromatic carbocycles. The molecular weight excluding hydrogens is 254 g/mol. The van der Waals surface area contributed by atoms with Crippen LogP contribution >= 0.6 is 0 Å². The summed E-state index contributed by atoms with van der Waals surface area (Å²) in [5.74, 6) is 0.286. The van der Waals surface area contributed by atoms with Gasteiger partial charge in [-0.15, -0.1) is 0 Å². The quantitative estimate of drug-likeness (QED) is 0.891. The van der Waals surface area contributed by atoms with E-state index in [0.29, 0.717) is 6.42 Å². The smallest absolute Gasteiger partial charge is 0.320 e. The minimum absolute atomic E-state index is 0.207. The number of carbonyl (C=O) groups is 1. The molecule has 0 saturated carbocycles. The van der Waals surface area contributed by atoms with Crippen LogP contribution in [0.15, 0.2) is 24.3 Å². The van der Waals surface area contributed by atoms with Crippen LogP contribution in [-0.2, 0) is 17.8 Å². The molecule has 1 aliphatic heterocycles. The lowest BCUT2D eigenvalue weighted by Crippen LogP contribution is -2.36. The standard InChI is InChI=1S/C15H19N3O2/c1-2-18-13-6-4-3-5-11(13)17-14(18)9-10-7-8-12(16-10)15(19)20/h3-6,10,12,16H,2,7-9H2,1H3,(H,19,20). The molecule has 5 heteroatoms. The second-order valence-electron chi connectivity index (χ2n) is 5.30. The molecule has 1 aliphatic rings. The molecule has 1 fully saturated rings. The van der Waals surface area contributed by atoms with Crippen LogP contribution in [0, 0.1) is 0 Å². The van der Waals surface area contributed by atoms with Crippen molar-refractivity contribution in [2.24, 2.45) is 0 Å². The van der Waals surface area contributed by atoms with E-state index >= 15 is 0 Å². The van der Waals surface area contributed by atoms with Crippen LogP contribution < -0.4 is 5.32 Å². The van der Waals surface area contributed by atoms with Crippen molar-refractivity contribution < 1.29 is 9.90 Å². The molecule has 20 heavy (non-hydrogen) atoms. The Morgan fingerprint density at radius 3 is 2.95 bits per heavy atom. The van der Waals surface area contributed by atoms with Crippen LogP contribution in [-0.4, -0.2) is 32.7 Å². The second-order valence-corrected chi connectivity index (χ2v) is 5.30. The van der Waals surface area contributed by atoms with E-state index in [1.807, 2.05) is 18.2 Å². The highest BCUT2D eigenvalue weighted by molar-refractivity contribution is 5.76. The number of fused-ring (bicyclic) bond motifs is 1. The summed E-state index contributed by atoms with van der Waals surface area (Å²) in [5.41, 5.74) is 2.16. The molecule has 2 heterocycles. The molecule has 1 saturated heterocycles. The first-order valence-electron chi connectivity index (χ1n) is 7.12. The largest absolute Gasteiger partial charge is 0.480 e. The van der Waals surface area contributed by atoms with E-state index in [9.17, 15) is 4.79 Å². The minimum Gasteiger partial charge on any atom is -0.480 e. The van der Waals surface area contributed by atoms with Gasteiger partial charge in [0, 0.05) is 19.0 Å². The van der Waals surface area contributed by atoms with Crippen LogP contribution in [0.3, 0.4) is 0 Å². The topological polar surface area (TPSA) is 67.2 Å². The lowest BCUT2D eigenvalue weighted by Gasteiger charge is -2.12. The van der Waals surface area contributed by atoms with Gasteiger partial charge in [-0.3, -0.25) is 4.79 Å². The van der Waals surface area contributed by atoms with Gasteiger partial charge in [-0.2, -0.15) is 0 Å². The number of aryl methyl sites for hydroxylation is 1. The molecule has 0 amide bonds. The van der Waals surface area contributed by atoms with Gasteiger partial charge in [0.05, 0.1) is 11.0 Å². The zero-order valence-electron chi connectivity index (χ0n) is 11.5. The Morgan fingerprint density at radius 2 is 2.25 bits per heavy atom. The van der Waals surface area contributed by atoms with Gasteiger partial charge in [-0.25, -0.2) is 4.98 Å². The molecular formula is C15H19N3O2. The maximum Gasteiger partial charge on any atom is 0.320 e. The Balaban J connectivity index is 1.83. The van der Waals surface area contributed by atoms with Crippen LogP contribution in [0.2, 0.25) is 0 Å². The number of para-hydroxylation sites is 2. The summed E-state index contributed by atoms with van der Waals surface area (Å²) in [6.45, 7) is 2.99. The van der Waals surface area contributed by atoms with Gasteiger partial charge in [0.1, 0.15) is 11.9 Å². The number of rotatable bonds is 4. The Kier molecular flexibility index (Phi) is 3.44. The van der Waals surface area contributed by atoms with E-state index < -0.39 is 12.0 Å². The molecule has 0 bridgehead atoms.